The molecule has 3 heterocycles. The van der Waals surface area contributed by atoms with Gasteiger partial charge in [0.15, 0.2) is 5.72 Å². The Labute approximate surface area is 200 Å². The van der Waals surface area contributed by atoms with E-state index in [1.807, 2.05) is 25.7 Å². The van der Waals surface area contributed by atoms with Gasteiger partial charge in [-0.2, -0.15) is 0 Å². The molecule has 5 rings (SSSR count). The van der Waals surface area contributed by atoms with E-state index in [-0.39, 0.29) is 29.9 Å². The highest BCUT2D eigenvalue weighted by Crippen LogP contribution is 2.49. The van der Waals surface area contributed by atoms with Crippen LogP contribution in [-0.4, -0.2) is 56.2 Å². The first-order chi connectivity index (χ1) is 16.3. The lowest BCUT2D eigenvalue weighted by atomic mass is 9.91. The molecule has 3 aromatic rings. The molecule has 2 unspecified atom stereocenters. The monoisotopic (exact) mass is 487 g/mol. The summed E-state index contributed by atoms with van der Waals surface area (Å²) in [6.07, 6.45) is -0.336. The highest BCUT2D eigenvalue weighted by molar-refractivity contribution is 6.30. The van der Waals surface area contributed by atoms with Crippen LogP contribution in [0.3, 0.4) is 0 Å². The number of amides is 1. The third-order valence-electron chi connectivity index (χ3n) is 6.40. The maximum atomic E-state index is 15.2. The maximum Gasteiger partial charge on any atom is 0.293 e. The average Bonchev–Trinajstić information content (AvgIpc) is 3.34. The fraction of sp³-hybridized carbons (Fsp3) is 0.375. The van der Waals surface area contributed by atoms with Crippen LogP contribution >= 0.6 is 11.6 Å². The summed E-state index contributed by atoms with van der Waals surface area (Å²) in [5.41, 5.74) is -0.878. The molecule has 1 aromatic heterocycles. The van der Waals surface area contributed by atoms with Crippen LogP contribution in [0.2, 0.25) is 5.02 Å². The zero-order valence-electron chi connectivity index (χ0n) is 19.1. The third-order valence-corrected chi connectivity index (χ3v) is 6.63. The molecule has 0 spiro atoms. The van der Waals surface area contributed by atoms with Gasteiger partial charge in [-0.3, -0.25) is 9.69 Å². The van der Waals surface area contributed by atoms with Crippen molar-refractivity contribution in [2.45, 2.75) is 39.1 Å². The first-order valence-electron chi connectivity index (χ1n) is 11.2. The maximum absolute atomic E-state index is 15.2. The predicted molar refractivity (Wildman–Crippen MR) is 122 cm³/mol. The first-order valence-corrected chi connectivity index (χ1v) is 11.6. The van der Waals surface area contributed by atoms with Crippen molar-refractivity contribution in [3.63, 3.8) is 0 Å². The number of ether oxygens (including phenoxy) is 1. The number of aromatic nitrogens is 3. The Balaban J connectivity index is 1.78. The molecule has 0 N–H and O–H groups in total. The Morgan fingerprint density at radius 1 is 1.24 bits per heavy atom. The second-order valence-corrected chi connectivity index (χ2v) is 8.89. The predicted octanol–water partition coefficient (Wildman–Crippen LogP) is 4.12. The summed E-state index contributed by atoms with van der Waals surface area (Å²) in [5, 5.41) is 4.89. The zero-order chi connectivity index (χ0) is 24.2. The summed E-state index contributed by atoms with van der Waals surface area (Å²) >= 11 is 6.38. The lowest BCUT2D eigenvalue weighted by Gasteiger charge is -2.37. The van der Waals surface area contributed by atoms with Crippen molar-refractivity contribution in [2.24, 2.45) is 0 Å². The summed E-state index contributed by atoms with van der Waals surface area (Å²) in [6, 6.07) is 8.75. The van der Waals surface area contributed by atoms with Gasteiger partial charge in [-0.25, -0.2) is 18.4 Å². The van der Waals surface area contributed by atoms with Crippen molar-refractivity contribution < 1.29 is 18.3 Å². The molecule has 0 radical (unpaired) electrons. The van der Waals surface area contributed by atoms with Crippen LogP contribution in [0.4, 0.5) is 8.78 Å². The molecule has 1 fully saturated rings. The molecular weight excluding hydrogens is 464 g/mol. The van der Waals surface area contributed by atoms with E-state index in [2.05, 4.69) is 10.1 Å². The normalized spacial score (nSPS) is 21.5. The van der Waals surface area contributed by atoms with Crippen molar-refractivity contribution in [3.05, 3.63) is 75.8 Å². The summed E-state index contributed by atoms with van der Waals surface area (Å²) in [7, 11) is 0. The van der Waals surface area contributed by atoms with Gasteiger partial charge in [0.05, 0.1) is 23.9 Å². The van der Waals surface area contributed by atoms with E-state index in [0.717, 1.165) is 0 Å². The van der Waals surface area contributed by atoms with Gasteiger partial charge in [-0.15, -0.1) is 5.10 Å². The number of carbonyl (C=O) groups is 1. The van der Waals surface area contributed by atoms with Crippen LogP contribution in [0, 0.1) is 11.6 Å². The molecule has 0 bridgehead atoms. The summed E-state index contributed by atoms with van der Waals surface area (Å²) in [6.45, 7) is 7.21. The van der Waals surface area contributed by atoms with E-state index >= 15 is 8.78 Å². The quantitative estimate of drug-likeness (QED) is 0.554. The molecule has 34 heavy (non-hydrogen) atoms. The molecule has 10 heteroatoms. The van der Waals surface area contributed by atoms with Crippen LogP contribution in [0.5, 0.6) is 0 Å². The molecule has 1 amide bonds. The second kappa shape index (κ2) is 8.41. The smallest absolute Gasteiger partial charge is 0.293 e. The molecular formula is C24H24ClF2N5O2. The van der Waals surface area contributed by atoms with Gasteiger partial charge < -0.3 is 9.64 Å². The van der Waals surface area contributed by atoms with Gasteiger partial charge >= 0.3 is 0 Å². The van der Waals surface area contributed by atoms with Crippen LogP contribution in [0.1, 0.15) is 48.3 Å². The molecule has 2 atom stereocenters. The van der Waals surface area contributed by atoms with Crippen LogP contribution in [0.25, 0.3) is 5.69 Å². The van der Waals surface area contributed by atoms with Crippen molar-refractivity contribution in [2.75, 3.05) is 19.6 Å². The molecule has 178 valence electrons. The van der Waals surface area contributed by atoms with Gasteiger partial charge in [0.2, 0.25) is 5.82 Å². The highest BCUT2D eigenvalue weighted by atomic mass is 35.5. The van der Waals surface area contributed by atoms with Crippen molar-refractivity contribution in [3.8, 4) is 5.69 Å². The first kappa shape index (κ1) is 22.9. The van der Waals surface area contributed by atoms with Gasteiger partial charge in [-0.1, -0.05) is 17.7 Å². The summed E-state index contributed by atoms with van der Waals surface area (Å²) in [5.74, 6) is -1.20. The van der Waals surface area contributed by atoms with E-state index in [1.165, 1.54) is 18.2 Å². The summed E-state index contributed by atoms with van der Waals surface area (Å²) in [4.78, 5) is 21.0. The topological polar surface area (TPSA) is 63.5 Å². The third kappa shape index (κ3) is 3.33. The van der Waals surface area contributed by atoms with E-state index in [0.29, 0.717) is 41.7 Å². The van der Waals surface area contributed by atoms with Crippen molar-refractivity contribution in [1.82, 2.24) is 24.6 Å². The Morgan fingerprint density at radius 3 is 2.62 bits per heavy atom. The van der Waals surface area contributed by atoms with E-state index in [9.17, 15) is 4.79 Å². The molecule has 1 saturated heterocycles. The fourth-order valence-corrected chi connectivity index (χ4v) is 5.11. The van der Waals surface area contributed by atoms with E-state index < -0.39 is 17.4 Å². The van der Waals surface area contributed by atoms with Crippen molar-refractivity contribution >= 4 is 17.5 Å². The Bertz CT molecular complexity index is 1260. The molecule has 2 aliphatic rings. The SMILES string of the molecule is CCN(CC)C(=O)c1nc2n(n1)-c1ccc(Cl)cc1C1(c3c(F)cccc3F)OC(C)CN1C2. The van der Waals surface area contributed by atoms with Gasteiger partial charge in [0.1, 0.15) is 17.5 Å². The largest absolute Gasteiger partial charge is 0.347 e. The average molecular weight is 488 g/mol. The van der Waals surface area contributed by atoms with Crippen molar-refractivity contribution in [1.29, 1.82) is 0 Å². The summed E-state index contributed by atoms with van der Waals surface area (Å²) < 4.78 is 38.4. The van der Waals surface area contributed by atoms with Gasteiger partial charge in [0.25, 0.3) is 5.91 Å². The molecule has 0 saturated carbocycles. The molecule has 0 aliphatic carbocycles. The fourth-order valence-electron chi connectivity index (χ4n) is 4.94. The molecule has 2 aliphatic heterocycles. The van der Waals surface area contributed by atoms with Crippen LogP contribution in [-0.2, 0) is 17.0 Å². The number of benzene rings is 2. The van der Waals surface area contributed by atoms with Crippen LogP contribution in [0.15, 0.2) is 36.4 Å². The Morgan fingerprint density at radius 2 is 1.94 bits per heavy atom. The Kier molecular flexibility index (Phi) is 5.66. The highest BCUT2D eigenvalue weighted by Gasteiger charge is 2.54. The van der Waals surface area contributed by atoms with Crippen LogP contribution < -0.4 is 0 Å². The lowest BCUT2D eigenvalue weighted by Crippen LogP contribution is -2.44. The second-order valence-electron chi connectivity index (χ2n) is 8.45. The van der Waals surface area contributed by atoms with Gasteiger partial charge in [-0.05, 0) is 51.1 Å². The number of hydrogen-bond acceptors (Lipinski definition) is 5. The number of halogens is 3. The minimum absolute atomic E-state index is 0.0670. The standard InChI is InChI=1S/C24H24ClF2N5O2/c1-4-30(5-2)23(33)22-28-20-13-31-12-14(3)34-24(31,21-17(26)7-6-8-18(21)27)16-11-15(25)9-10-19(16)32(20)29-22/h6-11,14H,4-5,12-13H2,1-3H3. The van der Waals surface area contributed by atoms with E-state index in [1.54, 1.807) is 27.8 Å². The number of nitrogens with zero attached hydrogens (tertiary/aromatic N) is 5. The molecule has 7 nitrogen and oxygen atoms in total. The lowest BCUT2D eigenvalue weighted by molar-refractivity contribution is -0.0804. The van der Waals surface area contributed by atoms with E-state index in [4.69, 9.17) is 16.3 Å². The zero-order valence-corrected chi connectivity index (χ0v) is 19.8. The number of hydrogen-bond donors (Lipinski definition) is 0. The van der Waals surface area contributed by atoms with Gasteiger partial charge in [0, 0.05) is 30.2 Å². The number of fused-ring (bicyclic) bond motifs is 5. The minimum Gasteiger partial charge on any atom is -0.347 e. The minimum atomic E-state index is -1.58. The molecule has 2 aromatic carbocycles. The number of carbonyl (C=O) groups excluding carboxylic acids is 1. The Hall–Kier alpha value is -2.88. The number of rotatable bonds is 4.